The first-order chi connectivity index (χ1) is 5.18. The summed E-state index contributed by atoms with van der Waals surface area (Å²) in [5, 5.41) is 10.1. The van der Waals surface area contributed by atoms with Crippen LogP contribution in [-0.2, 0) is 0 Å². The van der Waals surface area contributed by atoms with Crippen molar-refractivity contribution in [3.05, 3.63) is 0 Å². The van der Waals surface area contributed by atoms with Gasteiger partial charge in [-0.2, -0.15) is 12.6 Å². The van der Waals surface area contributed by atoms with E-state index in [4.69, 9.17) is 0 Å². The van der Waals surface area contributed by atoms with Gasteiger partial charge in [0.15, 0.2) is 0 Å². The third-order valence-electron chi connectivity index (χ3n) is 4.06. The van der Waals surface area contributed by atoms with Gasteiger partial charge in [0.2, 0.25) is 0 Å². The van der Waals surface area contributed by atoms with Crippen LogP contribution in [0, 0.1) is 23.2 Å². The van der Waals surface area contributed by atoms with Gasteiger partial charge in [-0.05, 0) is 30.6 Å². The zero-order chi connectivity index (χ0) is 7.80. The Morgan fingerprint density at radius 1 is 1.45 bits per heavy atom. The molecule has 0 saturated heterocycles. The number of aliphatic hydroxyl groups excluding tert-OH is 1. The topological polar surface area (TPSA) is 20.2 Å². The Kier molecular flexibility index (Phi) is 1.01. The maximum Gasteiger partial charge on any atom is 0.0641 e. The average molecular weight is 170 g/mol. The summed E-state index contributed by atoms with van der Waals surface area (Å²) in [6.45, 7) is 2.29. The van der Waals surface area contributed by atoms with Crippen LogP contribution in [0.4, 0.5) is 0 Å². The second kappa shape index (κ2) is 1.64. The third kappa shape index (κ3) is 0.571. The van der Waals surface area contributed by atoms with Crippen molar-refractivity contribution >= 4 is 12.6 Å². The molecule has 11 heavy (non-hydrogen) atoms. The Morgan fingerprint density at radius 3 is 2.82 bits per heavy atom. The van der Waals surface area contributed by atoms with E-state index in [1.807, 2.05) is 0 Å². The Balaban J connectivity index is 1.85. The molecule has 3 fully saturated rings. The molecule has 0 aliphatic heterocycles. The van der Waals surface area contributed by atoms with Crippen molar-refractivity contribution in [2.24, 2.45) is 23.2 Å². The molecule has 3 aliphatic rings. The second-order valence-electron chi connectivity index (χ2n) is 4.72. The number of hydrogen-bond donors (Lipinski definition) is 2. The van der Waals surface area contributed by atoms with Crippen molar-refractivity contribution in [3.8, 4) is 0 Å². The van der Waals surface area contributed by atoms with Gasteiger partial charge in [-0.25, -0.2) is 0 Å². The van der Waals surface area contributed by atoms with Gasteiger partial charge < -0.3 is 5.11 Å². The first-order valence-electron chi connectivity index (χ1n) is 4.54. The molecule has 0 radical (unpaired) electrons. The minimum absolute atomic E-state index is 0.0601. The average Bonchev–Trinajstić information content (AvgIpc) is 2.71. The number of hydrogen-bond acceptors (Lipinski definition) is 2. The highest BCUT2D eigenvalue weighted by molar-refractivity contribution is 7.81. The molecule has 1 N–H and O–H groups in total. The molecule has 2 heteroatoms. The molecule has 1 spiro atoms. The van der Waals surface area contributed by atoms with Crippen LogP contribution in [0.1, 0.15) is 19.8 Å². The maximum absolute atomic E-state index is 9.47. The van der Waals surface area contributed by atoms with Crippen LogP contribution in [-0.4, -0.2) is 16.5 Å². The SMILES string of the molecule is CC1CC(S)C2C3C(O)C23C1. The molecule has 0 amide bonds. The standard InChI is InChI=1S/C9H14OS/c1-4-2-5(11)6-7-8(10)9(6,7)3-4/h4-8,10-11H,2-3H2,1H3. The zero-order valence-electron chi connectivity index (χ0n) is 6.70. The lowest BCUT2D eigenvalue weighted by atomic mass is 9.81. The Morgan fingerprint density at radius 2 is 2.18 bits per heavy atom. The molecular formula is C9H14OS. The number of thiol groups is 1. The summed E-state index contributed by atoms with van der Waals surface area (Å²) in [6.07, 6.45) is 2.59. The van der Waals surface area contributed by atoms with Gasteiger partial charge in [-0.1, -0.05) is 6.92 Å². The lowest BCUT2D eigenvalue weighted by Crippen LogP contribution is -2.29. The van der Waals surface area contributed by atoms with E-state index in [1.165, 1.54) is 12.8 Å². The predicted molar refractivity (Wildman–Crippen MR) is 46.6 cm³/mol. The fourth-order valence-electron chi connectivity index (χ4n) is 3.50. The molecule has 0 aromatic rings. The Hall–Kier alpha value is 0.310. The van der Waals surface area contributed by atoms with E-state index in [0.717, 1.165) is 11.8 Å². The second-order valence-corrected chi connectivity index (χ2v) is 5.38. The maximum atomic E-state index is 9.47. The first kappa shape index (κ1) is 6.79. The largest absolute Gasteiger partial charge is 0.392 e. The summed E-state index contributed by atoms with van der Waals surface area (Å²) >= 11 is 4.57. The number of rotatable bonds is 0. The Bertz CT molecular complexity index is 216. The van der Waals surface area contributed by atoms with E-state index in [1.54, 1.807) is 0 Å². The molecular weight excluding hydrogens is 156 g/mol. The lowest BCUT2D eigenvalue weighted by molar-refractivity contribution is 0.119. The van der Waals surface area contributed by atoms with Gasteiger partial charge in [0, 0.05) is 10.7 Å². The summed E-state index contributed by atoms with van der Waals surface area (Å²) in [6, 6.07) is 0. The summed E-state index contributed by atoms with van der Waals surface area (Å²) < 4.78 is 0. The van der Waals surface area contributed by atoms with Crippen LogP contribution >= 0.6 is 12.6 Å². The predicted octanol–water partition coefficient (Wildman–Crippen LogP) is 1.32. The van der Waals surface area contributed by atoms with E-state index in [0.29, 0.717) is 16.6 Å². The van der Waals surface area contributed by atoms with Crippen LogP contribution in [0.15, 0.2) is 0 Å². The molecule has 0 bridgehead atoms. The van der Waals surface area contributed by atoms with Gasteiger partial charge in [-0.3, -0.25) is 0 Å². The third-order valence-corrected chi connectivity index (χ3v) is 4.59. The highest BCUT2D eigenvalue weighted by Crippen LogP contribution is 2.85. The fraction of sp³-hybridized carbons (Fsp3) is 1.00. The highest BCUT2D eigenvalue weighted by atomic mass is 32.1. The van der Waals surface area contributed by atoms with Crippen molar-refractivity contribution in [1.29, 1.82) is 0 Å². The quantitative estimate of drug-likeness (QED) is 0.525. The number of fused-ring (bicyclic) bond motifs is 1. The van der Waals surface area contributed by atoms with E-state index in [9.17, 15) is 5.11 Å². The normalized spacial score (nSPS) is 71.7. The van der Waals surface area contributed by atoms with Crippen molar-refractivity contribution in [3.63, 3.8) is 0 Å². The van der Waals surface area contributed by atoms with Gasteiger partial charge in [0.05, 0.1) is 6.10 Å². The molecule has 62 valence electrons. The van der Waals surface area contributed by atoms with Crippen LogP contribution in [0.25, 0.3) is 0 Å². The van der Waals surface area contributed by atoms with Gasteiger partial charge in [0.1, 0.15) is 0 Å². The molecule has 6 unspecified atom stereocenters. The molecule has 3 aliphatic carbocycles. The monoisotopic (exact) mass is 170 g/mol. The molecule has 0 aromatic carbocycles. The van der Waals surface area contributed by atoms with Crippen molar-refractivity contribution < 1.29 is 5.11 Å². The first-order valence-corrected chi connectivity index (χ1v) is 5.05. The molecule has 1 nitrogen and oxygen atoms in total. The summed E-state index contributed by atoms with van der Waals surface area (Å²) in [7, 11) is 0. The molecule has 3 saturated carbocycles. The van der Waals surface area contributed by atoms with Crippen molar-refractivity contribution in [1.82, 2.24) is 0 Å². The minimum atomic E-state index is 0.0601. The zero-order valence-corrected chi connectivity index (χ0v) is 7.59. The van der Waals surface area contributed by atoms with Gasteiger partial charge in [0.25, 0.3) is 0 Å². The van der Waals surface area contributed by atoms with Crippen molar-refractivity contribution in [2.75, 3.05) is 0 Å². The number of aliphatic hydroxyl groups is 1. The van der Waals surface area contributed by atoms with Crippen LogP contribution in [0.2, 0.25) is 0 Å². The van der Waals surface area contributed by atoms with E-state index < -0.39 is 0 Å². The van der Waals surface area contributed by atoms with Crippen LogP contribution < -0.4 is 0 Å². The van der Waals surface area contributed by atoms with E-state index in [-0.39, 0.29) is 6.10 Å². The van der Waals surface area contributed by atoms with E-state index >= 15 is 0 Å². The van der Waals surface area contributed by atoms with Gasteiger partial charge in [-0.15, -0.1) is 0 Å². The summed E-state index contributed by atoms with van der Waals surface area (Å²) in [5.74, 6) is 2.24. The van der Waals surface area contributed by atoms with Crippen LogP contribution in [0.3, 0.4) is 0 Å². The molecule has 3 rings (SSSR count). The van der Waals surface area contributed by atoms with Gasteiger partial charge >= 0.3 is 0 Å². The highest BCUT2D eigenvalue weighted by Gasteiger charge is 2.88. The van der Waals surface area contributed by atoms with Crippen molar-refractivity contribution in [2.45, 2.75) is 31.1 Å². The fourth-order valence-corrected chi connectivity index (χ4v) is 4.32. The minimum Gasteiger partial charge on any atom is -0.392 e. The van der Waals surface area contributed by atoms with E-state index in [2.05, 4.69) is 19.6 Å². The molecule has 0 heterocycles. The Labute approximate surface area is 72.6 Å². The molecule has 6 atom stereocenters. The lowest BCUT2D eigenvalue weighted by Gasteiger charge is -2.30. The smallest absolute Gasteiger partial charge is 0.0641 e. The summed E-state index contributed by atoms with van der Waals surface area (Å²) in [5.41, 5.74) is 0.393. The molecule has 0 aromatic heterocycles. The van der Waals surface area contributed by atoms with Crippen LogP contribution in [0.5, 0.6) is 0 Å². The summed E-state index contributed by atoms with van der Waals surface area (Å²) in [4.78, 5) is 0.